The highest BCUT2D eigenvalue weighted by Crippen LogP contribution is 2.23. The average Bonchev–Trinajstić information content (AvgIpc) is 3.16. The van der Waals surface area contributed by atoms with E-state index in [2.05, 4.69) is 0 Å². The summed E-state index contributed by atoms with van der Waals surface area (Å²) in [5, 5.41) is 1.09. The summed E-state index contributed by atoms with van der Waals surface area (Å²) in [7, 11) is -3.38. The normalized spacial score (nSPS) is 16.5. The van der Waals surface area contributed by atoms with E-state index in [-0.39, 0.29) is 24.4 Å². The molecule has 7 nitrogen and oxygen atoms in total. The fourth-order valence-corrected chi connectivity index (χ4v) is 4.93. The highest BCUT2D eigenvalue weighted by atomic mass is 32.2. The second-order valence-corrected chi connectivity index (χ2v) is 9.95. The van der Waals surface area contributed by atoms with Crippen LogP contribution in [0.4, 0.5) is 5.69 Å². The molecule has 0 radical (unpaired) electrons. The van der Waals surface area contributed by atoms with Gasteiger partial charge in [-0.3, -0.25) is 14.4 Å². The highest BCUT2D eigenvalue weighted by molar-refractivity contribution is 7.98. The molecule has 0 saturated carbocycles. The zero-order valence-electron chi connectivity index (χ0n) is 17.5. The summed E-state index contributed by atoms with van der Waals surface area (Å²) < 4.78 is 28.7. The summed E-state index contributed by atoms with van der Waals surface area (Å²) >= 11 is 1.57. The number of thioether (sulfide) groups is 1. The van der Waals surface area contributed by atoms with Gasteiger partial charge in [0.1, 0.15) is 0 Å². The van der Waals surface area contributed by atoms with Gasteiger partial charge in [0.2, 0.25) is 0 Å². The van der Waals surface area contributed by atoms with E-state index in [1.807, 2.05) is 18.4 Å². The number of sulfone groups is 1. The van der Waals surface area contributed by atoms with E-state index in [4.69, 9.17) is 4.74 Å². The van der Waals surface area contributed by atoms with Crippen LogP contribution in [0.15, 0.2) is 71.0 Å². The monoisotopic (exact) mass is 473 g/mol. The minimum Gasteiger partial charge on any atom is -0.456 e. The number of nitrogens with zero attached hydrogens (tertiary/aromatic N) is 1. The van der Waals surface area contributed by atoms with Crippen LogP contribution in [0.25, 0.3) is 0 Å². The van der Waals surface area contributed by atoms with Crippen LogP contribution in [0.2, 0.25) is 0 Å². The lowest BCUT2D eigenvalue weighted by Gasteiger charge is -2.27. The van der Waals surface area contributed by atoms with Crippen molar-refractivity contribution in [1.82, 2.24) is 0 Å². The van der Waals surface area contributed by atoms with Gasteiger partial charge in [0.25, 0.3) is 5.91 Å². The Morgan fingerprint density at radius 1 is 1.03 bits per heavy atom. The van der Waals surface area contributed by atoms with Gasteiger partial charge < -0.3 is 9.64 Å². The number of ether oxygens (including phenoxy) is 1. The second kappa shape index (κ2) is 10.6. The molecule has 1 amide bonds. The maximum Gasteiger partial charge on any atom is 0.306 e. The summed E-state index contributed by atoms with van der Waals surface area (Å²) in [6.45, 7) is -0.547. The molecule has 1 unspecified atom stereocenters. The van der Waals surface area contributed by atoms with Crippen LogP contribution in [-0.2, 0) is 24.2 Å². The Kier molecular flexibility index (Phi) is 7.87. The van der Waals surface area contributed by atoms with E-state index in [1.165, 1.54) is 11.0 Å². The molecule has 1 aliphatic rings. The van der Waals surface area contributed by atoms with Gasteiger partial charge in [-0.2, -0.15) is 0 Å². The van der Waals surface area contributed by atoms with Crippen molar-refractivity contribution in [3.05, 3.63) is 71.6 Å². The van der Waals surface area contributed by atoms with Crippen molar-refractivity contribution in [2.24, 2.45) is 0 Å². The molecular weight excluding hydrogens is 450 g/mol. The molecule has 9 heteroatoms. The molecular formula is C23H23NO6S2. The molecule has 0 N–H and O–H groups in total. The topological polar surface area (TPSA) is 97.8 Å². The fraction of sp³-hybridized carbons (Fsp3) is 0.261. The SMILES string of the molecule is CSc1ccc(C(=O)CCC(=O)OCC(=O)N(c2ccccc2)C2C=CS(=O)(=O)C2)cc1. The highest BCUT2D eigenvalue weighted by Gasteiger charge is 2.31. The van der Waals surface area contributed by atoms with Gasteiger partial charge >= 0.3 is 5.97 Å². The predicted molar refractivity (Wildman–Crippen MR) is 123 cm³/mol. The van der Waals surface area contributed by atoms with Crippen LogP contribution >= 0.6 is 11.8 Å². The lowest BCUT2D eigenvalue weighted by molar-refractivity contribution is -0.147. The number of esters is 1. The van der Waals surface area contributed by atoms with Crippen LogP contribution in [-0.4, -0.2) is 50.7 Å². The van der Waals surface area contributed by atoms with Gasteiger partial charge in [-0.15, -0.1) is 11.8 Å². The molecule has 2 aromatic carbocycles. The summed E-state index contributed by atoms with van der Waals surface area (Å²) in [6.07, 6.45) is 3.20. The van der Waals surface area contributed by atoms with Gasteiger partial charge in [-0.05, 0) is 36.6 Å². The van der Waals surface area contributed by atoms with Gasteiger partial charge in [-0.25, -0.2) is 8.42 Å². The maximum absolute atomic E-state index is 12.8. The number of hydrogen-bond donors (Lipinski definition) is 0. The van der Waals surface area contributed by atoms with Crippen molar-refractivity contribution in [3.8, 4) is 0 Å². The average molecular weight is 474 g/mol. The molecule has 1 heterocycles. The van der Waals surface area contributed by atoms with Gasteiger partial charge in [-0.1, -0.05) is 30.3 Å². The smallest absolute Gasteiger partial charge is 0.306 e. The van der Waals surface area contributed by atoms with Crippen LogP contribution in [0, 0.1) is 0 Å². The third-order valence-electron chi connectivity index (χ3n) is 4.87. The van der Waals surface area contributed by atoms with E-state index < -0.39 is 34.4 Å². The maximum atomic E-state index is 12.8. The number of anilines is 1. The van der Waals surface area contributed by atoms with Gasteiger partial charge in [0, 0.05) is 28.0 Å². The van der Waals surface area contributed by atoms with Crippen molar-refractivity contribution >= 4 is 44.9 Å². The number of benzene rings is 2. The first-order valence-corrected chi connectivity index (χ1v) is 12.8. The Balaban J connectivity index is 1.56. The van der Waals surface area contributed by atoms with Crippen molar-refractivity contribution < 1.29 is 27.5 Å². The first-order chi connectivity index (χ1) is 15.3. The van der Waals surface area contributed by atoms with Crippen molar-refractivity contribution in [2.45, 2.75) is 23.8 Å². The number of hydrogen-bond acceptors (Lipinski definition) is 7. The van der Waals surface area contributed by atoms with Gasteiger partial charge in [0.05, 0.1) is 18.2 Å². The fourth-order valence-electron chi connectivity index (χ4n) is 3.25. The first-order valence-electron chi connectivity index (χ1n) is 9.90. The molecule has 3 rings (SSSR count). The van der Waals surface area contributed by atoms with Gasteiger partial charge in [0.15, 0.2) is 22.2 Å². The predicted octanol–water partition coefficient (Wildman–Crippen LogP) is 3.26. The second-order valence-electron chi connectivity index (χ2n) is 7.14. The molecule has 0 aliphatic carbocycles. The Morgan fingerprint density at radius 2 is 1.72 bits per heavy atom. The number of para-hydroxylation sites is 1. The number of amides is 1. The molecule has 0 aromatic heterocycles. The number of carbonyl (C=O) groups is 3. The zero-order valence-corrected chi connectivity index (χ0v) is 19.1. The first kappa shape index (κ1) is 23.7. The molecule has 0 bridgehead atoms. The summed E-state index contributed by atoms with van der Waals surface area (Å²) in [5.74, 6) is -1.63. The summed E-state index contributed by atoms with van der Waals surface area (Å²) in [4.78, 5) is 39.5. The number of carbonyl (C=O) groups excluding carboxylic acids is 3. The molecule has 0 saturated heterocycles. The number of rotatable bonds is 9. The molecule has 2 aromatic rings. The quantitative estimate of drug-likeness (QED) is 0.313. The minimum absolute atomic E-state index is 0.0301. The van der Waals surface area contributed by atoms with E-state index in [0.717, 1.165) is 10.3 Å². The van der Waals surface area contributed by atoms with Crippen LogP contribution in [0.5, 0.6) is 0 Å². The number of Topliss-reactive ketones (excluding diaryl/α,β-unsaturated/α-hetero) is 1. The molecule has 0 fully saturated rings. The third-order valence-corrected chi connectivity index (χ3v) is 6.99. The standard InChI is InChI=1S/C23H23NO6S2/c1-31-20-9-7-17(8-10-20)21(25)11-12-23(27)30-15-22(26)24(18-5-3-2-4-6-18)19-13-14-32(28,29)16-19/h2-10,13-14,19H,11-12,15-16H2,1H3. The molecule has 1 atom stereocenters. The Labute approximate surface area is 191 Å². The Morgan fingerprint density at radius 3 is 2.31 bits per heavy atom. The van der Waals surface area contributed by atoms with E-state index in [1.54, 1.807) is 54.2 Å². The van der Waals surface area contributed by atoms with Crippen LogP contribution in [0.1, 0.15) is 23.2 Å². The number of ketones is 1. The van der Waals surface area contributed by atoms with Crippen molar-refractivity contribution in [1.29, 1.82) is 0 Å². The zero-order chi connectivity index (χ0) is 23.1. The van der Waals surface area contributed by atoms with Crippen LogP contribution < -0.4 is 4.90 Å². The van der Waals surface area contributed by atoms with E-state index in [9.17, 15) is 22.8 Å². The third kappa shape index (κ3) is 6.30. The molecule has 1 aliphatic heterocycles. The van der Waals surface area contributed by atoms with Crippen molar-refractivity contribution in [3.63, 3.8) is 0 Å². The molecule has 32 heavy (non-hydrogen) atoms. The summed E-state index contributed by atoms with van der Waals surface area (Å²) in [6, 6.07) is 15.0. The summed E-state index contributed by atoms with van der Waals surface area (Å²) in [5.41, 5.74) is 1.01. The Hall–Kier alpha value is -2.91. The lowest BCUT2D eigenvalue weighted by atomic mass is 10.1. The largest absolute Gasteiger partial charge is 0.456 e. The van der Waals surface area contributed by atoms with Crippen LogP contribution in [0.3, 0.4) is 0 Å². The van der Waals surface area contributed by atoms with Crippen molar-refractivity contribution in [2.75, 3.05) is 23.5 Å². The Bertz CT molecular complexity index is 1110. The van der Waals surface area contributed by atoms with E-state index in [0.29, 0.717) is 11.3 Å². The molecule has 0 spiro atoms. The lowest BCUT2D eigenvalue weighted by Crippen LogP contribution is -2.43. The van der Waals surface area contributed by atoms with E-state index >= 15 is 0 Å². The molecule has 168 valence electrons. The minimum atomic E-state index is -3.38.